The first kappa shape index (κ1) is 10.3. The molecular formula is C5H10N4O2S2. The fourth-order valence-corrected chi connectivity index (χ4v) is 1.67. The predicted octanol–water partition coefficient (Wildman–Crippen LogP) is -0.230. The summed E-state index contributed by atoms with van der Waals surface area (Å²) in [5.41, 5.74) is 0. The Labute approximate surface area is 80.9 Å². The standard InChI is InChI=1S/C5H10N4O2S2/c1-13(10,11)4-2-3-9-5(12)6-7-8-9/h2-4H2,1H3,(H,6,8,12). The first-order valence-corrected chi connectivity index (χ1v) is 6.11. The zero-order valence-electron chi connectivity index (χ0n) is 7.10. The van der Waals surface area contributed by atoms with Gasteiger partial charge in [0.25, 0.3) is 0 Å². The topological polar surface area (TPSA) is 80.6 Å². The van der Waals surface area contributed by atoms with E-state index < -0.39 is 9.84 Å². The van der Waals surface area contributed by atoms with E-state index >= 15 is 0 Å². The van der Waals surface area contributed by atoms with Gasteiger partial charge in [0, 0.05) is 12.8 Å². The Morgan fingerprint density at radius 1 is 1.62 bits per heavy atom. The molecule has 0 aromatic carbocycles. The maximum atomic E-state index is 10.8. The van der Waals surface area contributed by atoms with Crippen molar-refractivity contribution >= 4 is 22.1 Å². The van der Waals surface area contributed by atoms with E-state index in [0.29, 0.717) is 17.7 Å². The van der Waals surface area contributed by atoms with Crippen LogP contribution in [0.2, 0.25) is 0 Å². The molecule has 0 bridgehead atoms. The molecule has 1 aromatic heterocycles. The second kappa shape index (κ2) is 3.97. The largest absolute Gasteiger partial charge is 0.242 e. The monoisotopic (exact) mass is 222 g/mol. The number of aromatic nitrogens is 4. The van der Waals surface area contributed by atoms with E-state index in [4.69, 9.17) is 12.2 Å². The smallest absolute Gasteiger partial charge is 0.238 e. The number of aryl methyl sites for hydroxylation is 1. The summed E-state index contributed by atoms with van der Waals surface area (Å²) in [6.07, 6.45) is 1.72. The molecule has 1 N–H and O–H groups in total. The van der Waals surface area contributed by atoms with Crippen molar-refractivity contribution < 1.29 is 8.42 Å². The Hall–Kier alpha value is -0.760. The zero-order valence-corrected chi connectivity index (χ0v) is 8.73. The van der Waals surface area contributed by atoms with E-state index in [-0.39, 0.29) is 5.75 Å². The molecule has 0 fully saturated rings. The van der Waals surface area contributed by atoms with E-state index in [1.165, 1.54) is 10.9 Å². The molecule has 0 unspecified atom stereocenters. The van der Waals surface area contributed by atoms with Gasteiger partial charge in [-0.15, -0.1) is 0 Å². The number of hydrogen-bond acceptors (Lipinski definition) is 5. The van der Waals surface area contributed by atoms with Crippen molar-refractivity contribution in [3.8, 4) is 0 Å². The summed E-state index contributed by atoms with van der Waals surface area (Å²) in [4.78, 5) is 0. The normalized spacial score (nSPS) is 11.8. The van der Waals surface area contributed by atoms with Gasteiger partial charge in [0.15, 0.2) is 0 Å². The molecule has 6 nitrogen and oxygen atoms in total. The number of tetrazole rings is 1. The lowest BCUT2D eigenvalue weighted by Gasteiger charge is -1.98. The van der Waals surface area contributed by atoms with Gasteiger partial charge in [0.2, 0.25) is 4.77 Å². The Balaban J connectivity index is 2.46. The van der Waals surface area contributed by atoms with Crippen molar-refractivity contribution in [2.75, 3.05) is 12.0 Å². The molecule has 0 radical (unpaired) electrons. The first-order chi connectivity index (χ1) is 5.99. The molecule has 0 saturated carbocycles. The fraction of sp³-hybridized carbons (Fsp3) is 0.800. The average molecular weight is 222 g/mol. The van der Waals surface area contributed by atoms with Gasteiger partial charge in [-0.3, -0.25) is 0 Å². The second-order valence-corrected chi connectivity index (χ2v) is 5.34. The van der Waals surface area contributed by atoms with Crippen LogP contribution in [0, 0.1) is 4.77 Å². The lowest BCUT2D eigenvalue weighted by Crippen LogP contribution is -2.08. The number of nitrogens with zero attached hydrogens (tertiary/aromatic N) is 3. The molecule has 1 aromatic rings. The maximum absolute atomic E-state index is 10.8. The summed E-state index contributed by atoms with van der Waals surface area (Å²) < 4.78 is 23.4. The van der Waals surface area contributed by atoms with Gasteiger partial charge in [-0.25, -0.2) is 13.1 Å². The van der Waals surface area contributed by atoms with Crippen molar-refractivity contribution in [3.05, 3.63) is 4.77 Å². The van der Waals surface area contributed by atoms with Crippen molar-refractivity contribution in [2.45, 2.75) is 13.0 Å². The number of H-pyrrole nitrogens is 1. The molecule has 1 rings (SSSR count). The Morgan fingerprint density at radius 3 is 2.77 bits per heavy atom. The highest BCUT2D eigenvalue weighted by atomic mass is 32.2. The van der Waals surface area contributed by atoms with E-state index in [1.807, 2.05) is 0 Å². The van der Waals surface area contributed by atoms with Crippen LogP contribution in [0.5, 0.6) is 0 Å². The minimum atomic E-state index is -2.89. The summed E-state index contributed by atoms with van der Waals surface area (Å²) in [5.74, 6) is 0.147. The third kappa shape index (κ3) is 3.64. The number of nitrogens with one attached hydrogen (secondary N) is 1. The van der Waals surface area contributed by atoms with Crippen LogP contribution < -0.4 is 0 Å². The van der Waals surface area contributed by atoms with Crippen LogP contribution in [0.4, 0.5) is 0 Å². The van der Waals surface area contributed by atoms with Crippen LogP contribution in [-0.2, 0) is 16.4 Å². The first-order valence-electron chi connectivity index (χ1n) is 3.65. The summed E-state index contributed by atoms with van der Waals surface area (Å²) in [6.45, 7) is 0.499. The highest BCUT2D eigenvalue weighted by molar-refractivity contribution is 7.90. The molecule has 0 aliphatic carbocycles. The van der Waals surface area contributed by atoms with E-state index in [9.17, 15) is 8.42 Å². The Bertz CT molecular complexity index is 418. The summed E-state index contributed by atoms with van der Waals surface area (Å²) in [5, 5.41) is 9.57. The van der Waals surface area contributed by atoms with E-state index in [2.05, 4.69) is 15.5 Å². The molecule has 1 heterocycles. The van der Waals surface area contributed by atoms with Crippen molar-refractivity contribution in [2.24, 2.45) is 0 Å². The van der Waals surface area contributed by atoms with Crippen LogP contribution in [0.3, 0.4) is 0 Å². The number of rotatable bonds is 4. The number of sulfone groups is 1. The van der Waals surface area contributed by atoms with Crippen LogP contribution >= 0.6 is 12.2 Å². The molecule has 0 aliphatic rings. The average Bonchev–Trinajstić information content (AvgIpc) is 2.34. The predicted molar refractivity (Wildman–Crippen MR) is 49.5 cm³/mol. The van der Waals surface area contributed by atoms with Gasteiger partial charge in [-0.1, -0.05) is 10.3 Å². The SMILES string of the molecule is CS(=O)(=O)CCCn1[nH]nnc1=S. The third-order valence-electron chi connectivity index (χ3n) is 1.43. The van der Waals surface area contributed by atoms with Gasteiger partial charge in [-0.2, -0.15) is 5.21 Å². The van der Waals surface area contributed by atoms with Crippen molar-refractivity contribution in [1.82, 2.24) is 20.2 Å². The maximum Gasteiger partial charge on any atom is 0.238 e. The van der Waals surface area contributed by atoms with Crippen LogP contribution in [-0.4, -0.2) is 40.6 Å². The molecule has 8 heteroatoms. The van der Waals surface area contributed by atoms with Gasteiger partial charge in [0.05, 0.1) is 5.75 Å². The molecule has 0 spiro atoms. The lowest BCUT2D eigenvalue weighted by molar-refractivity contribution is 0.560. The fourth-order valence-electron chi connectivity index (χ4n) is 0.846. The lowest BCUT2D eigenvalue weighted by atomic mass is 10.5. The van der Waals surface area contributed by atoms with Crippen LogP contribution in [0.25, 0.3) is 0 Å². The van der Waals surface area contributed by atoms with E-state index in [0.717, 1.165) is 0 Å². The van der Waals surface area contributed by atoms with Crippen molar-refractivity contribution in [1.29, 1.82) is 0 Å². The highest BCUT2D eigenvalue weighted by Crippen LogP contribution is 1.92. The summed E-state index contributed by atoms with van der Waals surface area (Å²) in [6, 6.07) is 0. The minimum Gasteiger partial charge on any atom is -0.242 e. The Kier molecular flexibility index (Phi) is 3.15. The Morgan fingerprint density at radius 2 is 2.31 bits per heavy atom. The minimum absolute atomic E-state index is 0.147. The molecule has 13 heavy (non-hydrogen) atoms. The molecule has 74 valence electrons. The van der Waals surface area contributed by atoms with Gasteiger partial charge in [0.1, 0.15) is 9.84 Å². The summed E-state index contributed by atoms with van der Waals surface area (Å²) in [7, 11) is -2.89. The van der Waals surface area contributed by atoms with E-state index in [1.54, 1.807) is 0 Å². The zero-order chi connectivity index (χ0) is 9.90. The molecular weight excluding hydrogens is 212 g/mol. The van der Waals surface area contributed by atoms with Gasteiger partial charge < -0.3 is 0 Å². The summed E-state index contributed by atoms with van der Waals surface area (Å²) >= 11 is 4.80. The van der Waals surface area contributed by atoms with Gasteiger partial charge >= 0.3 is 0 Å². The van der Waals surface area contributed by atoms with Gasteiger partial charge in [-0.05, 0) is 18.6 Å². The number of aromatic amines is 1. The molecule has 0 atom stereocenters. The molecule has 0 amide bonds. The highest BCUT2D eigenvalue weighted by Gasteiger charge is 2.02. The quantitative estimate of drug-likeness (QED) is 0.712. The number of hydrogen-bond donors (Lipinski definition) is 1. The third-order valence-corrected chi connectivity index (χ3v) is 2.76. The van der Waals surface area contributed by atoms with Crippen molar-refractivity contribution in [3.63, 3.8) is 0 Å². The molecule has 0 aliphatic heterocycles. The molecule has 0 saturated heterocycles. The van der Waals surface area contributed by atoms with Crippen LogP contribution in [0.15, 0.2) is 0 Å². The second-order valence-electron chi connectivity index (χ2n) is 2.72. The van der Waals surface area contributed by atoms with Crippen LogP contribution in [0.1, 0.15) is 6.42 Å².